The second-order valence-corrected chi connectivity index (χ2v) is 5.72. The number of amides is 1. The summed E-state index contributed by atoms with van der Waals surface area (Å²) < 4.78 is 15.4. The number of pyridine rings is 1. The number of aryl methyl sites for hydroxylation is 2. The van der Waals surface area contributed by atoms with Crippen molar-refractivity contribution in [3.63, 3.8) is 0 Å². The Hall–Kier alpha value is -2.73. The molecule has 1 N–H and O–H groups in total. The number of rotatable bonds is 3. The highest BCUT2D eigenvalue weighted by Gasteiger charge is 2.16. The zero-order chi connectivity index (χ0) is 17.3. The SMILES string of the molecule is Cc1ccc2nc(C)c(C(=O)N/N=C/c3c(F)cccc3Cl)n2c1. The molecule has 0 atom stereocenters. The summed E-state index contributed by atoms with van der Waals surface area (Å²) in [6.07, 6.45) is 3.00. The van der Waals surface area contributed by atoms with Crippen LogP contribution in [-0.4, -0.2) is 21.5 Å². The molecule has 0 radical (unpaired) electrons. The first-order chi connectivity index (χ1) is 11.5. The molecule has 2 aromatic heterocycles. The first-order valence-corrected chi connectivity index (χ1v) is 7.58. The third kappa shape index (κ3) is 3.00. The Morgan fingerprint density at radius 1 is 1.33 bits per heavy atom. The number of hydrogen-bond acceptors (Lipinski definition) is 3. The van der Waals surface area contributed by atoms with Crippen LogP contribution in [0.25, 0.3) is 5.65 Å². The Morgan fingerprint density at radius 2 is 2.12 bits per heavy atom. The average Bonchev–Trinajstić information content (AvgIpc) is 2.85. The quantitative estimate of drug-likeness (QED) is 0.584. The predicted molar refractivity (Wildman–Crippen MR) is 91.1 cm³/mol. The molecule has 24 heavy (non-hydrogen) atoms. The summed E-state index contributed by atoms with van der Waals surface area (Å²) in [6.45, 7) is 3.67. The van der Waals surface area contributed by atoms with Crippen LogP contribution in [0, 0.1) is 19.7 Å². The summed E-state index contributed by atoms with van der Waals surface area (Å²) in [4.78, 5) is 16.7. The second-order valence-electron chi connectivity index (χ2n) is 5.31. The van der Waals surface area contributed by atoms with E-state index in [1.165, 1.54) is 18.3 Å². The van der Waals surface area contributed by atoms with Gasteiger partial charge in [0.15, 0.2) is 0 Å². The molecule has 3 aromatic rings. The van der Waals surface area contributed by atoms with Gasteiger partial charge in [0.05, 0.1) is 16.9 Å². The lowest BCUT2D eigenvalue weighted by molar-refractivity contribution is 0.0948. The Morgan fingerprint density at radius 3 is 2.88 bits per heavy atom. The van der Waals surface area contributed by atoms with Gasteiger partial charge in [0, 0.05) is 11.8 Å². The van der Waals surface area contributed by atoms with E-state index in [-0.39, 0.29) is 10.6 Å². The lowest BCUT2D eigenvalue weighted by Crippen LogP contribution is -2.20. The number of nitrogens with one attached hydrogen (secondary N) is 1. The fourth-order valence-electron chi connectivity index (χ4n) is 2.38. The van der Waals surface area contributed by atoms with Crippen molar-refractivity contribution in [1.29, 1.82) is 0 Å². The van der Waals surface area contributed by atoms with E-state index in [1.54, 1.807) is 17.4 Å². The molecule has 0 aliphatic heterocycles. The van der Waals surface area contributed by atoms with Crippen molar-refractivity contribution in [2.45, 2.75) is 13.8 Å². The predicted octanol–water partition coefficient (Wildman–Crippen LogP) is 3.51. The molecule has 7 heteroatoms. The fraction of sp³-hybridized carbons (Fsp3) is 0.118. The van der Waals surface area contributed by atoms with Gasteiger partial charge in [0.2, 0.25) is 0 Å². The van der Waals surface area contributed by atoms with E-state index < -0.39 is 11.7 Å². The van der Waals surface area contributed by atoms with Gasteiger partial charge >= 0.3 is 0 Å². The lowest BCUT2D eigenvalue weighted by Gasteiger charge is -2.03. The van der Waals surface area contributed by atoms with Crippen LogP contribution < -0.4 is 5.43 Å². The molecule has 1 aromatic carbocycles. The summed E-state index contributed by atoms with van der Waals surface area (Å²) in [6, 6.07) is 8.07. The van der Waals surface area contributed by atoms with Crippen molar-refractivity contribution in [1.82, 2.24) is 14.8 Å². The monoisotopic (exact) mass is 344 g/mol. The minimum absolute atomic E-state index is 0.116. The Labute approximate surface area is 142 Å². The van der Waals surface area contributed by atoms with Gasteiger partial charge in [-0.1, -0.05) is 23.7 Å². The third-order valence-electron chi connectivity index (χ3n) is 3.52. The summed E-state index contributed by atoms with van der Waals surface area (Å²) in [5, 5.41) is 4.02. The molecular formula is C17H14ClFN4O. The minimum Gasteiger partial charge on any atom is -0.295 e. The molecule has 3 rings (SSSR count). The Kier molecular flexibility index (Phi) is 4.31. The van der Waals surface area contributed by atoms with Gasteiger partial charge in [-0.05, 0) is 37.6 Å². The molecule has 0 fully saturated rings. The lowest BCUT2D eigenvalue weighted by atomic mass is 10.2. The summed E-state index contributed by atoms with van der Waals surface area (Å²) in [5.74, 6) is -0.948. The van der Waals surface area contributed by atoms with Crippen LogP contribution in [0.3, 0.4) is 0 Å². The number of hydrogen-bond donors (Lipinski definition) is 1. The summed E-state index contributed by atoms with van der Waals surface area (Å²) in [7, 11) is 0. The molecule has 0 aliphatic rings. The van der Waals surface area contributed by atoms with Gasteiger partial charge in [-0.2, -0.15) is 5.10 Å². The standard InChI is InChI=1S/C17H14ClFN4O/c1-10-6-7-15-21-11(2)16(23(15)9-10)17(24)22-20-8-12-13(18)4-3-5-14(12)19/h3-9H,1-2H3,(H,22,24)/b20-8+. The molecular weight excluding hydrogens is 331 g/mol. The number of hydrazone groups is 1. The van der Waals surface area contributed by atoms with Gasteiger partial charge in [0.1, 0.15) is 17.2 Å². The van der Waals surface area contributed by atoms with E-state index in [0.717, 1.165) is 5.56 Å². The molecule has 0 bridgehead atoms. The van der Waals surface area contributed by atoms with Crippen molar-refractivity contribution >= 4 is 29.4 Å². The first-order valence-electron chi connectivity index (χ1n) is 7.20. The summed E-state index contributed by atoms with van der Waals surface area (Å²) >= 11 is 5.91. The maximum Gasteiger partial charge on any atom is 0.290 e. The normalized spacial score (nSPS) is 11.3. The number of nitrogens with zero attached hydrogens (tertiary/aromatic N) is 3. The van der Waals surface area contributed by atoms with Gasteiger partial charge in [-0.3, -0.25) is 9.20 Å². The van der Waals surface area contributed by atoms with E-state index in [2.05, 4.69) is 15.5 Å². The van der Waals surface area contributed by atoms with Gasteiger partial charge < -0.3 is 0 Å². The highest BCUT2D eigenvalue weighted by molar-refractivity contribution is 6.33. The molecule has 0 saturated carbocycles. The zero-order valence-electron chi connectivity index (χ0n) is 13.0. The Balaban J connectivity index is 1.87. The fourth-order valence-corrected chi connectivity index (χ4v) is 2.60. The van der Waals surface area contributed by atoms with E-state index in [9.17, 15) is 9.18 Å². The second kappa shape index (κ2) is 6.41. The van der Waals surface area contributed by atoms with E-state index in [0.29, 0.717) is 17.0 Å². The number of aromatic nitrogens is 2. The van der Waals surface area contributed by atoms with Gasteiger partial charge in [-0.15, -0.1) is 0 Å². The maximum absolute atomic E-state index is 13.7. The smallest absolute Gasteiger partial charge is 0.290 e. The molecule has 1 amide bonds. The summed E-state index contributed by atoms with van der Waals surface area (Å²) in [5.41, 5.74) is 5.13. The molecule has 0 spiro atoms. The van der Waals surface area contributed by atoms with Crippen LogP contribution in [0.5, 0.6) is 0 Å². The average molecular weight is 345 g/mol. The number of benzene rings is 1. The van der Waals surface area contributed by atoms with Crippen LogP contribution in [-0.2, 0) is 0 Å². The molecule has 5 nitrogen and oxygen atoms in total. The van der Waals surface area contributed by atoms with Gasteiger partial charge in [0.25, 0.3) is 5.91 Å². The van der Waals surface area contributed by atoms with Crippen molar-refractivity contribution in [3.8, 4) is 0 Å². The number of fused-ring (bicyclic) bond motifs is 1. The van der Waals surface area contributed by atoms with Crippen LogP contribution in [0.15, 0.2) is 41.6 Å². The largest absolute Gasteiger partial charge is 0.295 e. The van der Waals surface area contributed by atoms with Crippen LogP contribution >= 0.6 is 11.6 Å². The van der Waals surface area contributed by atoms with Crippen molar-refractivity contribution < 1.29 is 9.18 Å². The van der Waals surface area contributed by atoms with Crippen LogP contribution in [0.1, 0.15) is 27.3 Å². The van der Waals surface area contributed by atoms with E-state index >= 15 is 0 Å². The topological polar surface area (TPSA) is 58.8 Å². The third-order valence-corrected chi connectivity index (χ3v) is 3.84. The van der Waals surface area contributed by atoms with Crippen molar-refractivity contribution in [2.75, 3.05) is 0 Å². The van der Waals surface area contributed by atoms with Crippen LogP contribution in [0.2, 0.25) is 5.02 Å². The highest BCUT2D eigenvalue weighted by Crippen LogP contribution is 2.17. The molecule has 0 unspecified atom stereocenters. The number of halogens is 2. The maximum atomic E-state index is 13.7. The number of carbonyl (C=O) groups is 1. The first kappa shape index (κ1) is 16.1. The molecule has 122 valence electrons. The number of carbonyl (C=O) groups excluding carboxylic acids is 1. The van der Waals surface area contributed by atoms with Crippen LogP contribution in [0.4, 0.5) is 4.39 Å². The minimum atomic E-state index is -0.512. The molecule has 0 saturated heterocycles. The van der Waals surface area contributed by atoms with E-state index in [4.69, 9.17) is 11.6 Å². The van der Waals surface area contributed by atoms with Crippen molar-refractivity contribution in [3.05, 3.63) is 69.9 Å². The highest BCUT2D eigenvalue weighted by atomic mass is 35.5. The zero-order valence-corrected chi connectivity index (χ0v) is 13.8. The Bertz CT molecular complexity index is 944. The van der Waals surface area contributed by atoms with Crippen molar-refractivity contribution in [2.24, 2.45) is 5.10 Å². The van der Waals surface area contributed by atoms with E-state index in [1.807, 2.05) is 25.3 Å². The van der Waals surface area contributed by atoms with Gasteiger partial charge in [-0.25, -0.2) is 14.8 Å². The molecule has 0 aliphatic carbocycles. The molecule has 2 heterocycles. The number of imidazole rings is 1.